The van der Waals surface area contributed by atoms with Gasteiger partial charge in [-0.05, 0) is 19.1 Å². The molecule has 4 nitrogen and oxygen atoms in total. The normalized spacial score (nSPS) is 12.2. The minimum atomic E-state index is -0.735. The number of phenolic OH excluding ortho intramolecular Hbond substituents is 1. The molecule has 0 heterocycles. The van der Waals surface area contributed by atoms with E-state index in [9.17, 15) is 14.3 Å². The van der Waals surface area contributed by atoms with Crippen molar-refractivity contribution in [2.75, 3.05) is 13.6 Å². The predicted octanol–water partition coefficient (Wildman–Crippen LogP) is 0.950. The van der Waals surface area contributed by atoms with Crippen molar-refractivity contribution in [3.8, 4) is 5.75 Å². The fourth-order valence-corrected chi connectivity index (χ4v) is 1.43. The van der Waals surface area contributed by atoms with Crippen molar-refractivity contribution in [1.29, 1.82) is 0 Å². The van der Waals surface area contributed by atoms with Gasteiger partial charge in [-0.1, -0.05) is 6.07 Å². The summed E-state index contributed by atoms with van der Waals surface area (Å²) < 4.78 is 13.4. The number of nitrogens with two attached hydrogens (primary N) is 1. The molecule has 0 saturated heterocycles. The molecule has 0 aliphatic heterocycles. The molecule has 1 amide bonds. The fraction of sp³-hybridized carbons (Fsp3) is 0.364. The SMILES string of the molecule is CC(N)CN(C)C(=O)c1c(O)cccc1F. The van der Waals surface area contributed by atoms with Crippen LogP contribution in [0.1, 0.15) is 17.3 Å². The van der Waals surface area contributed by atoms with Gasteiger partial charge >= 0.3 is 0 Å². The Morgan fingerprint density at radius 3 is 2.75 bits per heavy atom. The first-order valence-corrected chi connectivity index (χ1v) is 4.92. The summed E-state index contributed by atoms with van der Waals surface area (Å²) in [5, 5.41) is 9.43. The second kappa shape index (κ2) is 4.94. The van der Waals surface area contributed by atoms with Gasteiger partial charge in [0.25, 0.3) is 5.91 Å². The molecule has 3 N–H and O–H groups in total. The smallest absolute Gasteiger partial charge is 0.260 e. The maximum Gasteiger partial charge on any atom is 0.260 e. The van der Waals surface area contributed by atoms with E-state index in [1.165, 1.54) is 24.1 Å². The molecule has 1 atom stereocenters. The Hall–Kier alpha value is -1.62. The third-order valence-electron chi connectivity index (χ3n) is 2.11. The summed E-state index contributed by atoms with van der Waals surface area (Å²) >= 11 is 0. The number of nitrogens with zero attached hydrogens (tertiary/aromatic N) is 1. The number of phenols is 1. The molecule has 0 spiro atoms. The molecular weight excluding hydrogens is 211 g/mol. The summed E-state index contributed by atoms with van der Waals surface area (Å²) in [7, 11) is 1.51. The maximum absolute atomic E-state index is 13.4. The van der Waals surface area contributed by atoms with Crippen LogP contribution in [0.5, 0.6) is 5.75 Å². The first-order valence-electron chi connectivity index (χ1n) is 4.92. The van der Waals surface area contributed by atoms with E-state index in [0.717, 1.165) is 6.07 Å². The zero-order valence-corrected chi connectivity index (χ0v) is 9.27. The number of amides is 1. The van der Waals surface area contributed by atoms with Crippen molar-refractivity contribution in [2.24, 2.45) is 5.73 Å². The fourth-order valence-electron chi connectivity index (χ4n) is 1.43. The number of hydrogen-bond acceptors (Lipinski definition) is 3. The average Bonchev–Trinajstić information content (AvgIpc) is 2.16. The van der Waals surface area contributed by atoms with Gasteiger partial charge in [-0.25, -0.2) is 4.39 Å². The average molecular weight is 226 g/mol. The van der Waals surface area contributed by atoms with Crippen LogP contribution in [0.3, 0.4) is 0 Å². The third-order valence-corrected chi connectivity index (χ3v) is 2.11. The van der Waals surface area contributed by atoms with Gasteiger partial charge < -0.3 is 15.7 Å². The Morgan fingerprint density at radius 1 is 1.62 bits per heavy atom. The molecule has 0 radical (unpaired) electrons. The standard InChI is InChI=1S/C11H15FN2O2/c1-7(13)6-14(2)11(16)10-8(12)4-3-5-9(10)15/h3-5,7,15H,6,13H2,1-2H3. The molecule has 0 saturated carbocycles. The van der Waals surface area contributed by atoms with Gasteiger partial charge in [0.15, 0.2) is 0 Å². The highest BCUT2D eigenvalue weighted by atomic mass is 19.1. The van der Waals surface area contributed by atoms with Gasteiger partial charge in [-0.3, -0.25) is 4.79 Å². The van der Waals surface area contributed by atoms with Crippen LogP contribution in [0.25, 0.3) is 0 Å². The minimum Gasteiger partial charge on any atom is -0.507 e. The predicted molar refractivity (Wildman–Crippen MR) is 58.7 cm³/mol. The molecule has 16 heavy (non-hydrogen) atoms. The largest absolute Gasteiger partial charge is 0.507 e. The Morgan fingerprint density at radius 2 is 2.25 bits per heavy atom. The van der Waals surface area contributed by atoms with E-state index in [4.69, 9.17) is 5.73 Å². The van der Waals surface area contributed by atoms with E-state index < -0.39 is 11.7 Å². The maximum atomic E-state index is 13.4. The number of carbonyl (C=O) groups excluding carboxylic acids is 1. The van der Waals surface area contributed by atoms with Crippen molar-refractivity contribution in [3.63, 3.8) is 0 Å². The number of rotatable bonds is 3. The van der Waals surface area contributed by atoms with Crippen LogP contribution in [0, 0.1) is 5.82 Å². The first-order chi connectivity index (χ1) is 7.43. The highest BCUT2D eigenvalue weighted by Crippen LogP contribution is 2.21. The number of carbonyl (C=O) groups is 1. The van der Waals surface area contributed by atoms with Gasteiger partial charge in [0.05, 0.1) is 0 Å². The van der Waals surface area contributed by atoms with Gasteiger partial charge in [0.1, 0.15) is 17.1 Å². The van der Waals surface area contributed by atoms with E-state index in [2.05, 4.69) is 0 Å². The summed E-state index contributed by atoms with van der Waals surface area (Å²) in [5.41, 5.74) is 5.22. The topological polar surface area (TPSA) is 66.6 Å². The van der Waals surface area contributed by atoms with Crippen molar-refractivity contribution in [3.05, 3.63) is 29.6 Å². The minimum absolute atomic E-state index is 0.206. The van der Waals surface area contributed by atoms with Crippen LogP contribution in [-0.4, -0.2) is 35.5 Å². The lowest BCUT2D eigenvalue weighted by molar-refractivity contribution is 0.0781. The highest BCUT2D eigenvalue weighted by Gasteiger charge is 2.20. The molecule has 0 fully saturated rings. The lowest BCUT2D eigenvalue weighted by atomic mass is 10.1. The number of likely N-dealkylation sites (N-methyl/N-ethyl adjacent to an activating group) is 1. The van der Waals surface area contributed by atoms with E-state index in [0.29, 0.717) is 6.54 Å². The quantitative estimate of drug-likeness (QED) is 0.806. The number of aromatic hydroxyl groups is 1. The van der Waals surface area contributed by atoms with Crippen LogP contribution in [0.2, 0.25) is 0 Å². The molecule has 0 aromatic heterocycles. The summed E-state index contributed by atoms with van der Waals surface area (Å²) in [6, 6.07) is 3.54. The highest BCUT2D eigenvalue weighted by molar-refractivity contribution is 5.96. The van der Waals surface area contributed by atoms with Crippen molar-refractivity contribution < 1.29 is 14.3 Å². The first kappa shape index (κ1) is 12.4. The molecule has 5 heteroatoms. The van der Waals surface area contributed by atoms with Gasteiger partial charge in [0, 0.05) is 19.6 Å². The lowest BCUT2D eigenvalue weighted by Gasteiger charge is -2.19. The number of halogens is 1. The van der Waals surface area contributed by atoms with Crippen molar-refractivity contribution in [2.45, 2.75) is 13.0 Å². The molecular formula is C11H15FN2O2. The molecule has 1 unspecified atom stereocenters. The van der Waals surface area contributed by atoms with Gasteiger partial charge in [-0.15, -0.1) is 0 Å². The van der Waals surface area contributed by atoms with Crippen LogP contribution < -0.4 is 5.73 Å². The van der Waals surface area contributed by atoms with E-state index in [-0.39, 0.29) is 17.4 Å². The summed E-state index contributed by atoms with van der Waals surface area (Å²) in [4.78, 5) is 13.1. The molecule has 1 aromatic carbocycles. The van der Waals surface area contributed by atoms with E-state index in [1.807, 2.05) is 0 Å². The number of hydrogen-bond donors (Lipinski definition) is 2. The zero-order chi connectivity index (χ0) is 12.3. The Balaban J connectivity index is 2.96. The molecule has 0 aliphatic rings. The molecule has 88 valence electrons. The summed E-state index contributed by atoms with van der Waals surface area (Å²) in [5.74, 6) is -1.67. The van der Waals surface area contributed by atoms with Gasteiger partial charge in [-0.2, -0.15) is 0 Å². The molecule has 1 aromatic rings. The van der Waals surface area contributed by atoms with Crippen LogP contribution in [0.15, 0.2) is 18.2 Å². The van der Waals surface area contributed by atoms with Gasteiger partial charge in [0.2, 0.25) is 0 Å². The lowest BCUT2D eigenvalue weighted by Crippen LogP contribution is -2.37. The van der Waals surface area contributed by atoms with Crippen LogP contribution >= 0.6 is 0 Å². The third kappa shape index (κ3) is 2.70. The molecule has 0 aliphatic carbocycles. The van der Waals surface area contributed by atoms with E-state index in [1.54, 1.807) is 6.92 Å². The second-order valence-corrected chi connectivity index (χ2v) is 3.80. The molecule has 1 rings (SSSR count). The van der Waals surface area contributed by atoms with Crippen molar-refractivity contribution in [1.82, 2.24) is 4.90 Å². The summed E-state index contributed by atoms with van der Waals surface area (Å²) in [6.07, 6.45) is 0. The monoisotopic (exact) mass is 226 g/mol. The Kier molecular flexibility index (Phi) is 3.84. The Labute approximate surface area is 93.5 Å². The zero-order valence-electron chi connectivity index (χ0n) is 9.27. The Bertz CT molecular complexity index is 373. The second-order valence-electron chi connectivity index (χ2n) is 3.80. The summed E-state index contributed by atoms with van der Waals surface area (Å²) in [6.45, 7) is 2.04. The molecule has 0 bridgehead atoms. The number of benzene rings is 1. The van der Waals surface area contributed by atoms with Crippen LogP contribution in [-0.2, 0) is 0 Å². The van der Waals surface area contributed by atoms with E-state index >= 15 is 0 Å². The van der Waals surface area contributed by atoms with Crippen LogP contribution in [0.4, 0.5) is 4.39 Å². The van der Waals surface area contributed by atoms with Crippen molar-refractivity contribution >= 4 is 5.91 Å².